The number of nitrogens with two attached hydrogens (primary N) is 1. The monoisotopic (exact) mass is 321 g/mol. The summed E-state index contributed by atoms with van der Waals surface area (Å²) in [6.45, 7) is 0. The Kier molecular flexibility index (Phi) is 3.22. The molecule has 0 spiro atoms. The lowest BCUT2D eigenvalue weighted by Crippen LogP contribution is -2.27. The van der Waals surface area contributed by atoms with E-state index in [-0.39, 0.29) is 10.6 Å². The van der Waals surface area contributed by atoms with Gasteiger partial charge < -0.3 is 5.73 Å². The highest BCUT2D eigenvalue weighted by atomic mass is 32.2. The van der Waals surface area contributed by atoms with E-state index in [1.807, 2.05) is 0 Å². The zero-order valence-corrected chi connectivity index (χ0v) is 12.6. The molecule has 108 valence electrons. The van der Waals surface area contributed by atoms with Crippen molar-refractivity contribution in [3.05, 3.63) is 36.7 Å². The van der Waals surface area contributed by atoms with Crippen LogP contribution in [0.5, 0.6) is 0 Å². The lowest BCUT2D eigenvalue weighted by atomic mass is 10.3. The van der Waals surface area contributed by atoms with Gasteiger partial charge in [-0.25, -0.2) is 8.42 Å². The topological polar surface area (TPSA) is 102 Å². The summed E-state index contributed by atoms with van der Waals surface area (Å²) in [7, 11) is -2.34. The first-order valence-electron chi connectivity index (χ1n) is 5.91. The van der Waals surface area contributed by atoms with Gasteiger partial charge in [-0.3, -0.25) is 9.29 Å². The van der Waals surface area contributed by atoms with Gasteiger partial charge in [0.15, 0.2) is 0 Å². The molecule has 0 atom stereocenters. The van der Waals surface area contributed by atoms with E-state index >= 15 is 0 Å². The van der Waals surface area contributed by atoms with Gasteiger partial charge in [0.2, 0.25) is 0 Å². The fourth-order valence-electron chi connectivity index (χ4n) is 1.95. The van der Waals surface area contributed by atoms with Crippen LogP contribution in [0.2, 0.25) is 0 Å². The standard InChI is InChI=1S/C12H11N5O2S2/c1-17(10-5-6-14-7-8(10)13)21(18,19)11-4-2-3-9-12(11)16-20-15-9/h2-7H,13H2,1H3. The fraction of sp³-hybridized carbons (Fsp3) is 0.0833. The minimum Gasteiger partial charge on any atom is -0.396 e. The summed E-state index contributed by atoms with van der Waals surface area (Å²) in [5, 5.41) is 0. The molecule has 2 heterocycles. The molecule has 0 bridgehead atoms. The van der Waals surface area contributed by atoms with Crippen molar-refractivity contribution in [2.24, 2.45) is 0 Å². The third-order valence-electron chi connectivity index (χ3n) is 3.05. The number of hydrogen-bond donors (Lipinski definition) is 1. The zero-order chi connectivity index (χ0) is 15.0. The molecule has 0 radical (unpaired) electrons. The van der Waals surface area contributed by atoms with Crippen LogP contribution in [-0.4, -0.2) is 29.2 Å². The van der Waals surface area contributed by atoms with Crippen LogP contribution >= 0.6 is 11.7 Å². The predicted octanol–water partition coefficient (Wildman–Crippen LogP) is 1.49. The quantitative estimate of drug-likeness (QED) is 0.784. The Morgan fingerprint density at radius 3 is 2.81 bits per heavy atom. The first-order valence-corrected chi connectivity index (χ1v) is 8.08. The SMILES string of the molecule is CN(c1ccncc1N)S(=O)(=O)c1cccc2nsnc12. The molecule has 7 nitrogen and oxygen atoms in total. The van der Waals surface area contributed by atoms with E-state index in [1.54, 1.807) is 18.2 Å². The van der Waals surface area contributed by atoms with Crippen molar-refractivity contribution in [2.75, 3.05) is 17.1 Å². The molecule has 2 N–H and O–H groups in total. The lowest BCUT2D eigenvalue weighted by Gasteiger charge is -2.20. The molecule has 9 heteroatoms. The number of hydrogen-bond acceptors (Lipinski definition) is 7. The summed E-state index contributed by atoms with van der Waals surface area (Å²) in [6, 6.07) is 6.41. The van der Waals surface area contributed by atoms with Gasteiger partial charge in [0.25, 0.3) is 10.0 Å². The second-order valence-electron chi connectivity index (χ2n) is 4.30. The van der Waals surface area contributed by atoms with Gasteiger partial charge in [0.05, 0.1) is 29.3 Å². The Morgan fingerprint density at radius 2 is 2.05 bits per heavy atom. The summed E-state index contributed by atoms with van der Waals surface area (Å²) in [5.74, 6) is 0. The van der Waals surface area contributed by atoms with Crippen LogP contribution in [0.1, 0.15) is 0 Å². The summed E-state index contributed by atoms with van der Waals surface area (Å²) in [6.07, 6.45) is 2.90. The molecule has 0 aliphatic rings. The van der Waals surface area contributed by atoms with Crippen molar-refractivity contribution in [1.82, 2.24) is 13.7 Å². The molecule has 0 unspecified atom stereocenters. The van der Waals surface area contributed by atoms with Gasteiger partial charge in [-0.2, -0.15) is 8.75 Å². The number of nitrogens with zero attached hydrogens (tertiary/aromatic N) is 4. The molecular weight excluding hydrogens is 310 g/mol. The van der Waals surface area contributed by atoms with Crippen LogP contribution < -0.4 is 10.0 Å². The number of rotatable bonds is 3. The maximum atomic E-state index is 12.8. The molecule has 2 aromatic heterocycles. The minimum atomic E-state index is -3.78. The molecule has 21 heavy (non-hydrogen) atoms. The maximum Gasteiger partial charge on any atom is 0.266 e. The number of sulfonamides is 1. The molecule has 0 aliphatic heterocycles. The normalized spacial score (nSPS) is 11.7. The smallest absolute Gasteiger partial charge is 0.266 e. The van der Waals surface area contributed by atoms with E-state index < -0.39 is 10.0 Å². The fourth-order valence-corrected chi connectivity index (χ4v) is 3.93. The van der Waals surface area contributed by atoms with Gasteiger partial charge in [-0.15, -0.1) is 0 Å². The molecule has 0 saturated heterocycles. The van der Waals surface area contributed by atoms with E-state index in [0.29, 0.717) is 16.7 Å². The number of nitrogen functional groups attached to an aromatic ring is 1. The van der Waals surface area contributed by atoms with Gasteiger partial charge in [0.1, 0.15) is 15.9 Å². The average Bonchev–Trinajstić information content (AvgIpc) is 2.95. The average molecular weight is 321 g/mol. The summed E-state index contributed by atoms with van der Waals surface area (Å²) < 4.78 is 34.8. The zero-order valence-electron chi connectivity index (χ0n) is 11.0. The summed E-state index contributed by atoms with van der Waals surface area (Å²) >= 11 is 0.976. The van der Waals surface area contributed by atoms with Crippen LogP contribution in [0.25, 0.3) is 11.0 Å². The van der Waals surface area contributed by atoms with Gasteiger partial charge in [-0.1, -0.05) is 6.07 Å². The number of fused-ring (bicyclic) bond motifs is 1. The van der Waals surface area contributed by atoms with Crippen LogP contribution in [0.4, 0.5) is 11.4 Å². The highest BCUT2D eigenvalue weighted by Gasteiger charge is 2.26. The lowest BCUT2D eigenvalue weighted by molar-refractivity contribution is 0.595. The van der Waals surface area contributed by atoms with E-state index in [9.17, 15) is 8.42 Å². The summed E-state index contributed by atoms with van der Waals surface area (Å²) in [4.78, 5) is 3.96. The highest BCUT2D eigenvalue weighted by Crippen LogP contribution is 2.29. The number of pyridine rings is 1. The van der Waals surface area contributed by atoms with Crippen molar-refractivity contribution < 1.29 is 8.42 Å². The van der Waals surface area contributed by atoms with Gasteiger partial charge in [-0.05, 0) is 18.2 Å². The first kappa shape index (κ1) is 13.7. The Morgan fingerprint density at radius 1 is 1.24 bits per heavy atom. The molecule has 0 saturated carbocycles. The predicted molar refractivity (Wildman–Crippen MR) is 81.7 cm³/mol. The van der Waals surface area contributed by atoms with Crippen LogP contribution in [-0.2, 0) is 10.0 Å². The van der Waals surface area contributed by atoms with Crippen molar-refractivity contribution in [3.63, 3.8) is 0 Å². The van der Waals surface area contributed by atoms with E-state index in [1.165, 1.54) is 25.5 Å². The third-order valence-corrected chi connectivity index (χ3v) is 5.40. The third kappa shape index (κ3) is 2.20. The van der Waals surface area contributed by atoms with Crippen LogP contribution in [0.3, 0.4) is 0 Å². The number of aromatic nitrogens is 3. The number of benzene rings is 1. The highest BCUT2D eigenvalue weighted by molar-refractivity contribution is 7.93. The molecule has 0 amide bonds. The van der Waals surface area contributed by atoms with Crippen molar-refractivity contribution in [2.45, 2.75) is 4.90 Å². The van der Waals surface area contributed by atoms with E-state index in [2.05, 4.69) is 13.7 Å². The van der Waals surface area contributed by atoms with Crippen molar-refractivity contribution in [3.8, 4) is 0 Å². The number of anilines is 2. The molecule has 3 rings (SSSR count). The van der Waals surface area contributed by atoms with Gasteiger partial charge >= 0.3 is 0 Å². The Bertz CT molecular complexity index is 907. The largest absolute Gasteiger partial charge is 0.396 e. The minimum absolute atomic E-state index is 0.104. The van der Waals surface area contributed by atoms with Crippen LogP contribution in [0.15, 0.2) is 41.6 Å². The Balaban J connectivity index is 2.17. The maximum absolute atomic E-state index is 12.8. The van der Waals surface area contributed by atoms with Gasteiger partial charge in [0, 0.05) is 13.2 Å². The van der Waals surface area contributed by atoms with Crippen molar-refractivity contribution in [1.29, 1.82) is 0 Å². The summed E-state index contributed by atoms with van der Waals surface area (Å²) in [5.41, 5.74) is 7.36. The first-order chi connectivity index (χ1) is 10.0. The molecular formula is C12H11N5O2S2. The second kappa shape index (κ2) is 4.93. The molecule has 0 aliphatic carbocycles. The second-order valence-corrected chi connectivity index (χ2v) is 6.76. The molecule has 1 aromatic carbocycles. The van der Waals surface area contributed by atoms with Crippen LogP contribution in [0, 0.1) is 0 Å². The van der Waals surface area contributed by atoms with E-state index in [0.717, 1.165) is 16.0 Å². The Hall–Kier alpha value is -2.26. The molecule has 0 fully saturated rings. The van der Waals surface area contributed by atoms with Crippen molar-refractivity contribution >= 4 is 44.2 Å². The Labute approximate surface area is 125 Å². The molecule has 3 aromatic rings. The van der Waals surface area contributed by atoms with E-state index in [4.69, 9.17) is 5.73 Å².